The molecular formula is C20H21N3O5S. The molecule has 2 heterocycles. The van der Waals surface area contributed by atoms with Gasteiger partial charge in [0, 0.05) is 0 Å². The lowest BCUT2D eigenvalue weighted by molar-refractivity contribution is -0.133. The number of carbonyl (C=O) groups excluding carboxylic acids is 4. The van der Waals surface area contributed by atoms with Crippen LogP contribution in [0.5, 0.6) is 0 Å². The van der Waals surface area contributed by atoms with Crippen molar-refractivity contribution >= 4 is 40.2 Å². The maximum atomic E-state index is 12.8. The third-order valence-corrected chi connectivity index (χ3v) is 5.70. The standard InChI is InChI=1S/C20H21N3O5S/c1-4-28-17(25)16-12(2)10-15(29-16)21-14(24)11-23-18(26)20(3,22-19(23)27)13-8-6-5-7-9-13/h5-10H,4,11H2,1-3H3,(H,21,24)(H,22,27). The van der Waals surface area contributed by atoms with Gasteiger partial charge in [0.1, 0.15) is 17.0 Å². The first-order valence-electron chi connectivity index (χ1n) is 9.03. The molecule has 152 valence electrons. The van der Waals surface area contributed by atoms with E-state index in [-0.39, 0.29) is 6.61 Å². The minimum absolute atomic E-state index is 0.254. The lowest BCUT2D eigenvalue weighted by Gasteiger charge is -2.22. The van der Waals surface area contributed by atoms with E-state index >= 15 is 0 Å². The molecule has 3 rings (SSSR count). The van der Waals surface area contributed by atoms with Gasteiger partial charge in [-0.15, -0.1) is 11.3 Å². The highest BCUT2D eigenvalue weighted by atomic mass is 32.1. The molecule has 1 unspecified atom stereocenters. The fourth-order valence-corrected chi connectivity index (χ4v) is 4.05. The molecule has 1 aromatic heterocycles. The van der Waals surface area contributed by atoms with Crippen molar-refractivity contribution in [2.45, 2.75) is 26.3 Å². The number of carbonyl (C=O) groups is 4. The molecule has 0 radical (unpaired) electrons. The molecule has 2 N–H and O–H groups in total. The molecule has 1 aromatic carbocycles. The summed E-state index contributed by atoms with van der Waals surface area (Å²) >= 11 is 1.08. The van der Waals surface area contributed by atoms with E-state index < -0.39 is 35.9 Å². The number of ether oxygens (including phenoxy) is 1. The molecule has 0 bridgehead atoms. The SMILES string of the molecule is CCOC(=O)c1sc(NC(=O)CN2C(=O)NC(C)(c3ccccc3)C2=O)cc1C. The zero-order valence-electron chi connectivity index (χ0n) is 16.3. The van der Waals surface area contributed by atoms with E-state index in [1.165, 1.54) is 0 Å². The number of rotatable bonds is 6. The summed E-state index contributed by atoms with van der Waals surface area (Å²) in [6, 6.07) is 9.86. The van der Waals surface area contributed by atoms with Crippen LogP contribution in [0, 0.1) is 6.92 Å². The van der Waals surface area contributed by atoms with Crippen molar-refractivity contribution in [3.05, 3.63) is 52.4 Å². The Morgan fingerprint density at radius 2 is 1.93 bits per heavy atom. The van der Waals surface area contributed by atoms with Crippen LogP contribution in [-0.4, -0.2) is 41.9 Å². The molecule has 4 amide bonds. The molecular weight excluding hydrogens is 394 g/mol. The normalized spacial score (nSPS) is 18.5. The Kier molecular flexibility index (Phi) is 5.69. The largest absolute Gasteiger partial charge is 0.462 e. The van der Waals surface area contributed by atoms with E-state index in [0.29, 0.717) is 21.0 Å². The summed E-state index contributed by atoms with van der Waals surface area (Å²) in [5.74, 6) is -1.50. The van der Waals surface area contributed by atoms with Crippen LogP contribution in [0.25, 0.3) is 0 Å². The summed E-state index contributed by atoms with van der Waals surface area (Å²) in [4.78, 5) is 50.8. The number of hydrogen-bond acceptors (Lipinski definition) is 6. The maximum absolute atomic E-state index is 12.8. The van der Waals surface area contributed by atoms with Crippen molar-refractivity contribution in [1.29, 1.82) is 0 Å². The highest BCUT2D eigenvalue weighted by molar-refractivity contribution is 7.18. The molecule has 0 saturated carbocycles. The molecule has 1 saturated heterocycles. The first-order valence-corrected chi connectivity index (χ1v) is 9.85. The predicted molar refractivity (Wildman–Crippen MR) is 108 cm³/mol. The van der Waals surface area contributed by atoms with Gasteiger partial charge in [-0.25, -0.2) is 9.59 Å². The molecule has 2 aromatic rings. The van der Waals surface area contributed by atoms with Crippen LogP contribution in [-0.2, 0) is 19.9 Å². The topological polar surface area (TPSA) is 105 Å². The summed E-state index contributed by atoms with van der Waals surface area (Å²) in [6.07, 6.45) is 0. The number of amides is 4. The second kappa shape index (κ2) is 8.04. The van der Waals surface area contributed by atoms with Crippen molar-refractivity contribution in [3.63, 3.8) is 0 Å². The molecule has 8 nitrogen and oxygen atoms in total. The van der Waals surface area contributed by atoms with Crippen LogP contribution in [0.15, 0.2) is 36.4 Å². The first kappa shape index (κ1) is 20.5. The average Bonchev–Trinajstić information content (AvgIpc) is 3.15. The summed E-state index contributed by atoms with van der Waals surface area (Å²) in [5, 5.41) is 5.73. The summed E-state index contributed by atoms with van der Waals surface area (Å²) < 4.78 is 4.98. The van der Waals surface area contributed by atoms with E-state index in [1.807, 2.05) is 6.07 Å². The number of anilines is 1. The molecule has 9 heteroatoms. The number of urea groups is 1. The number of esters is 1. The minimum atomic E-state index is -1.23. The van der Waals surface area contributed by atoms with E-state index in [9.17, 15) is 19.2 Å². The highest BCUT2D eigenvalue weighted by Crippen LogP contribution is 2.29. The van der Waals surface area contributed by atoms with Gasteiger partial charge in [-0.3, -0.25) is 14.5 Å². The Balaban J connectivity index is 1.70. The number of nitrogens with zero attached hydrogens (tertiary/aromatic N) is 1. The van der Waals surface area contributed by atoms with Crippen molar-refractivity contribution in [2.75, 3.05) is 18.5 Å². The fraction of sp³-hybridized carbons (Fsp3) is 0.300. The van der Waals surface area contributed by atoms with Crippen molar-refractivity contribution in [1.82, 2.24) is 10.2 Å². The number of nitrogens with one attached hydrogen (secondary N) is 2. The van der Waals surface area contributed by atoms with E-state index in [2.05, 4.69) is 10.6 Å². The Morgan fingerprint density at radius 3 is 2.59 bits per heavy atom. The lowest BCUT2D eigenvalue weighted by Crippen LogP contribution is -2.42. The molecule has 1 atom stereocenters. The number of benzene rings is 1. The number of imide groups is 1. The quantitative estimate of drug-likeness (QED) is 0.557. The summed E-state index contributed by atoms with van der Waals surface area (Å²) in [6.45, 7) is 4.88. The van der Waals surface area contributed by atoms with Crippen molar-refractivity contribution < 1.29 is 23.9 Å². The van der Waals surface area contributed by atoms with Crippen LogP contribution in [0.3, 0.4) is 0 Å². The molecule has 1 fully saturated rings. The summed E-state index contributed by atoms with van der Waals surface area (Å²) in [5.41, 5.74) is 0.0829. The molecule has 1 aliphatic heterocycles. The van der Waals surface area contributed by atoms with Gasteiger partial charge in [0.25, 0.3) is 5.91 Å². The molecule has 29 heavy (non-hydrogen) atoms. The molecule has 1 aliphatic rings. The van der Waals surface area contributed by atoms with E-state index in [1.54, 1.807) is 51.1 Å². The highest BCUT2D eigenvalue weighted by Gasteiger charge is 2.49. The van der Waals surface area contributed by atoms with Crippen LogP contribution < -0.4 is 10.6 Å². The van der Waals surface area contributed by atoms with Crippen LogP contribution >= 0.6 is 11.3 Å². The van der Waals surface area contributed by atoms with Gasteiger partial charge in [-0.05, 0) is 38.0 Å². The van der Waals surface area contributed by atoms with Crippen LogP contribution in [0.4, 0.5) is 9.80 Å². The van der Waals surface area contributed by atoms with Crippen LogP contribution in [0.1, 0.15) is 34.6 Å². The monoisotopic (exact) mass is 415 g/mol. The first-order chi connectivity index (χ1) is 13.8. The third-order valence-electron chi connectivity index (χ3n) is 4.57. The smallest absolute Gasteiger partial charge is 0.348 e. The molecule has 0 aliphatic carbocycles. The minimum Gasteiger partial charge on any atom is -0.462 e. The van der Waals surface area contributed by atoms with Gasteiger partial charge in [0.05, 0.1) is 11.6 Å². The van der Waals surface area contributed by atoms with Gasteiger partial charge < -0.3 is 15.4 Å². The second-order valence-corrected chi connectivity index (χ2v) is 7.76. The Hall–Kier alpha value is -3.20. The van der Waals surface area contributed by atoms with Gasteiger partial charge in [0.2, 0.25) is 5.91 Å². The van der Waals surface area contributed by atoms with Gasteiger partial charge in [-0.2, -0.15) is 0 Å². The maximum Gasteiger partial charge on any atom is 0.348 e. The Labute approximate surface area is 171 Å². The zero-order chi connectivity index (χ0) is 21.2. The van der Waals surface area contributed by atoms with Gasteiger partial charge in [-0.1, -0.05) is 30.3 Å². The Morgan fingerprint density at radius 1 is 1.24 bits per heavy atom. The molecule has 0 spiro atoms. The van der Waals surface area contributed by atoms with Gasteiger partial charge in [0.15, 0.2) is 0 Å². The number of hydrogen-bond donors (Lipinski definition) is 2. The van der Waals surface area contributed by atoms with E-state index in [4.69, 9.17) is 4.74 Å². The fourth-order valence-electron chi connectivity index (χ4n) is 3.07. The average molecular weight is 415 g/mol. The second-order valence-electron chi connectivity index (χ2n) is 6.70. The van der Waals surface area contributed by atoms with Crippen molar-refractivity contribution in [3.8, 4) is 0 Å². The Bertz CT molecular complexity index is 972. The number of aryl methyl sites for hydroxylation is 1. The summed E-state index contributed by atoms with van der Waals surface area (Å²) in [7, 11) is 0. The number of thiophene rings is 1. The zero-order valence-corrected chi connectivity index (χ0v) is 17.1. The van der Waals surface area contributed by atoms with Crippen molar-refractivity contribution in [2.24, 2.45) is 0 Å². The lowest BCUT2D eigenvalue weighted by atomic mass is 9.92. The van der Waals surface area contributed by atoms with Crippen LogP contribution in [0.2, 0.25) is 0 Å². The van der Waals surface area contributed by atoms with Gasteiger partial charge >= 0.3 is 12.0 Å². The van der Waals surface area contributed by atoms with E-state index in [0.717, 1.165) is 16.2 Å². The third kappa shape index (κ3) is 4.00. The predicted octanol–water partition coefficient (Wildman–Crippen LogP) is 2.64.